The molecule has 7 nitrogen and oxygen atoms in total. The molecule has 1 aliphatic rings. The van der Waals surface area contributed by atoms with Crippen molar-refractivity contribution in [2.45, 2.75) is 31.2 Å². The second-order valence-corrected chi connectivity index (χ2v) is 5.38. The molecule has 16 heavy (non-hydrogen) atoms. The summed E-state index contributed by atoms with van der Waals surface area (Å²) in [7, 11) is -4.76. The third kappa shape index (κ3) is 4.19. The average Bonchev–Trinajstić information content (AvgIpc) is 2.39. The number of hydrogen-bond donors (Lipinski definition) is 4. The molecular weight excluding hydrogens is 237 g/mol. The van der Waals surface area contributed by atoms with Gasteiger partial charge in [0.15, 0.2) is 0 Å². The van der Waals surface area contributed by atoms with Gasteiger partial charge in [0.25, 0.3) is 5.85 Å². The van der Waals surface area contributed by atoms with Crippen molar-refractivity contribution in [2.75, 3.05) is 13.1 Å². The second-order valence-electron chi connectivity index (χ2n) is 3.74. The molecule has 0 spiro atoms. The first-order chi connectivity index (χ1) is 7.41. The number of carboxylic acid groups (broad SMARTS) is 1. The summed E-state index contributed by atoms with van der Waals surface area (Å²) in [5.74, 6) is -3.69. The van der Waals surface area contributed by atoms with Crippen molar-refractivity contribution in [3.05, 3.63) is 0 Å². The summed E-state index contributed by atoms with van der Waals surface area (Å²) in [6.07, 6.45) is 1.95. The van der Waals surface area contributed by atoms with E-state index in [2.05, 4.69) is 5.32 Å². The van der Waals surface area contributed by atoms with E-state index in [1.807, 2.05) is 0 Å². The molecule has 0 aliphatic carbocycles. The smallest absolute Gasteiger partial charge is 0.365 e. The van der Waals surface area contributed by atoms with Crippen molar-refractivity contribution in [1.29, 1.82) is 0 Å². The van der Waals surface area contributed by atoms with Crippen molar-refractivity contribution in [1.82, 2.24) is 5.32 Å². The van der Waals surface area contributed by atoms with Crippen molar-refractivity contribution >= 4 is 13.6 Å². The first-order valence-corrected chi connectivity index (χ1v) is 6.73. The second kappa shape index (κ2) is 5.75. The fourth-order valence-electron chi connectivity index (χ4n) is 1.57. The number of nitrogens with one attached hydrogen (secondary N) is 1. The van der Waals surface area contributed by atoms with Gasteiger partial charge in [-0.05, 0) is 25.8 Å². The summed E-state index contributed by atoms with van der Waals surface area (Å²) in [4.78, 5) is 28.3. The van der Waals surface area contributed by atoms with E-state index in [0.717, 1.165) is 19.4 Å². The van der Waals surface area contributed by atoms with Gasteiger partial charge in [-0.25, -0.2) is 4.79 Å². The van der Waals surface area contributed by atoms with Crippen LogP contribution in [0.2, 0.25) is 0 Å². The molecule has 1 fully saturated rings. The van der Waals surface area contributed by atoms with Crippen LogP contribution in [0, 0.1) is 0 Å². The number of carbonyl (C=O) groups is 1. The maximum absolute atomic E-state index is 10.9. The van der Waals surface area contributed by atoms with Gasteiger partial charge in [-0.1, -0.05) is 0 Å². The van der Waals surface area contributed by atoms with Gasteiger partial charge in [-0.2, -0.15) is 0 Å². The first-order valence-electron chi connectivity index (χ1n) is 5.05. The Morgan fingerprint density at radius 3 is 2.69 bits per heavy atom. The molecule has 1 rings (SSSR count). The highest BCUT2D eigenvalue weighted by Gasteiger charge is 2.38. The maximum atomic E-state index is 10.9. The third-order valence-electron chi connectivity index (χ3n) is 2.34. The number of rotatable bonds is 4. The largest absolute Gasteiger partial charge is 0.479 e. The van der Waals surface area contributed by atoms with Crippen LogP contribution in [0.5, 0.6) is 0 Å². The molecule has 0 aromatic heterocycles. The van der Waals surface area contributed by atoms with Gasteiger partial charge in [0.05, 0.1) is 6.10 Å². The lowest BCUT2D eigenvalue weighted by Gasteiger charge is -2.21. The molecular formula is C8H16NO6P. The van der Waals surface area contributed by atoms with Crippen molar-refractivity contribution < 1.29 is 29.0 Å². The van der Waals surface area contributed by atoms with E-state index < -0.39 is 25.5 Å². The van der Waals surface area contributed by atoms with Crippen LogP contribution in [-0.2, 0) is 14.1 Å². The van der Waals surface area contributed by atoms with E-state index in [1.54, 1.807) is 0 Å². The fraction of sp³-hybridized carbons (Fsp3) is 0.875. The van der Waals surface area contributed by atoms with Crippen LogP contribution in [0.25, 0.3) is 0 Å². The summed E-state index contributed by atoms with van der Waals surface area (Å²) < 4.78 is 15.9. The topological polar surface area (TPSA) is 116 Å². The minimum Gasteiger partial charge on any atom is -0.479 e. The Kier molecular flexibility index (Phi) is 4.89. The lowest BCUT2D eigenvalue weighted by Crippen LogP contribution is -2.34. The van der Waals surface area contributed by atoms with Crippen LogP contribution in [-0.4, -0.2) is 45.9 Å². The first kappa shape index (κ1) is 13.6. The Morgan fingerprint density at radius 2 is 2.12 bits per heavy atom. The molecule has 8 heteroatoms. The van der Waals surface area contributed by atoms with E-state index in [-0.39, 0.29) is 0 Å². The molecule has 2 unspecified atom stereocenters. The predicted octanol–water partition coefficient (Wildman–Crippen LogP) is -0.267. The Bertz CT molecular complexity index is 282. The summed E-state index contributed by atoms with van der Waals surface area (Å²) in [5.41, 5.74) is 0. The summed E-state index contributed by atoms with van der Waals surface area (Å²) in [5, 5.41) is 11.7. The molecule has 94 valence electrons. The molecule has 1 saturated heterocycles. The van der Waals surface area contributed by atoms with E-state index in [0.29, 0.717) is 13.0 Å². The quantitative estimate of drug-likeness (QED) is 0.510. The van der Waals surface area contributed by atoms with Crippen molar-refractivity contribution in [3.63, 3.8) is 0 Å². The SMILES string of the molecule is O=C(O)C(OC1CCCCNC1)P(=O)(O)O. The molecule has 2 atom stereocenters. The number of ether oxygens (including phenoxy) is 1. The van der Waals surface area contributed by atoms with Crippen LogP contribution in [0.1, 0.15) is 19.3 Å². The van der Waals surface area contributed by atoms with Crippen LogP contribution in [0.15, 0.2) is 0 Å². The van der Waals surface area contributed by atoms with Crippen LogP contribution in [0.3, 0.4) is 0 Å². The highest BCUT2D eigenvalue weighted by molar-refractivity contribution is 7.53. The van der Waals surface area contributed by atoms with E-state index in [1.165, 1.54) is 0 Å². The monoisotopic (exact) mass is 253 g/mol. The zero-order valence-corrected chi connectivity index (χ0v) is 9.60. The molecule has 0 bridgehead atoms. The molecule has 0 saturated carbocycles. The van der Waals surface area contributed by atoms with Gasteiger partial charge in [0.2, 0.25) is 0 Å². The van der Waals surface area contributed by atoms with Gasteiger partial charge in [0.1, 0.15) is 0 Å². The normalized spacial score (nSPS) is 24.8. The fourth-order valence-corrected chi connectivity index (χ4v) is 2.19. The van der Waals surface area contributed by atoms with Gasteiger partial charge >= 0.3 is 13.6 Å². The lowest BCUT2D eigenvalue weighted by molar-refractivity contribution is -0.148. The highest BCUT2D eigenvalue weighted by Crippen LogP contribution is 2.42. The van der Waals surface area contributed by atoms with Gasteiger partial charge in [-0.15, -0.1) is 0 Å². The van der Waals surface area contributed by atoms with Crippen LogP contribution >= 0.6 is 7.60 Å². The molecule has 0 radical (unpaired) electrons. The Morgan fingerprint density at radius 1 is 1.44 bits per heavy atom. The van der Waals surface area contributed by atoms with Crippen LogP contribution in [0.4, 0.5) is 0 Å². The minimum atomic E-state index is -4.76. The van der Waals surface area contributed by atoms with Gasteiger partial charge < -0.3 is 24.9 Å². The van der Waals surface area contributed by atoms with Gasteiger partial charge in [0, 0.05) is 6.54 Å². The maximum Gasteiger partial charge on any atom is 0.365 e. The molecule has 1 aliphatic heterocycles. The molecule has 1 heterocycles. The number of carboxylic acids is 1. The van der Waals surface area contributed by atoms with Crippen LogP contribution < -0.4 is 5.32 Å². The highest BCUT2D eigenvalue weighted by atomic mass is 31.2. The van der Waals surface area contributed by atoms with E-state index in [9.17, 15) is 9.36 Å². The summed E-state index contributed by atoms with van der Waals surface area (Å²) >= 11 is 0. The minimum absolute atomic E-state index is 0.420. The summed E-state index contributed by atoms with van der Waals surface area (Å²) in [6, 6.07) is 0. The number of hydrogen-bond acceptors (Lipinski definition) is 4. The molecule has 0 aromatic rings. The standard InChI is InChI=1S/C8H16NO6P/c10-7(11)8(16(12,13)14)15-6-3-1-2-4-9-5-6/h6,8-9H,1-5H2,(H,10,11)(H2,12,13,14). The van der Waals surface area contributed by atoms with Crippen molar-refractivity contribution in [3.8, 4) is 0 Å². The molecule has 0 aromatic carbocycles. The Labute approximate surface area is 93.0 Å². The average molecular weight is 253 g/mol. The lowest BCUT2D eigenvalue weighted by atomic mass is 10.2. The summed E-state index contributed by atoms with van der Waals surface area (Å²) in [6.45, 7) is 1.23. The zero-order chi connectivity index (χ0) is 12.2. The van der Waals surface area contributed by atoms with Crippen molar-refractivity contribution in [2.24, 2.45) is 0 Å². The van der Waals surface area contributed by atoms with E-state index >= 15 is 0 Å². The Balaban J connectivity index is 2.60. The molecule has 4 N–H and O–H groups in total. The van der Waals surface area contributed by atoms with Gasteiger partial charge in [-0.3, -0.25) is 4.57 Å². The third-order valence-corrected chi connectivity index (χ3v) is 3.29. The Hall–Kier alpha value is -0.460. The van der Waals surface area contributed by atoms with E-state index in [4.69, 9.17) is 19.6 Å². The molecule has 0 amide bonds. The predicted molar refractivity (Wildman–Crippen MR) is 55.1 cm³/mol. The zero-order valence-electron chi connectivity index (χ0n) is 8.70. The number of aliphatic carboxylic acids is 1.